The van der Waals surface area contributed by atoms with Gasteiger partial charge in [-0.2, -0.15) is 0 Å². The van der Waals surface area contributed by atoms with Crippen molar-refractivity contribution in [2.45, 2.75) is 44.8 Å². The SMILES string of the molecule is C[C@H]1C[C@@H](C(=O)Nc2ccc(OCC3CCCO3)cc2)CCN1. The van der Waals surface area contributed by atoms with Crippen LogP contribution in [0.3, 0.4) is 0 Å². The first-order valence-corrected chi connectivity index (χ1v) is 8.59. The zero-order valence-electron chi connectivity index (χ0n) is 13.7. The lowest BCUT2D eigenvalue weighted by molar-refractivity contribution is -0.120. The van der Waals surface area contributed by atoms with E-state index in [4.69, 9.17) is 9.47 Å². The molecule has 2 N–H and O–H groups in total. The Labute approximate surface area is 137 Å². The van der Waals surface area contributed by atoms with Gasteiger partial charge in [0.2, 0.25) is 5.91 Å². The third kappa shape index (κ3) is 4.69. The summed E-state index contributed by atoms with van der Waals surface area (Å²) in [5.74, 6) is 1.03. The van der Waals surface area contributed by atoms with Gasteiger partial charge in [0.05, 0.1) is 6.10 Å². The Balaban J connectivity index is 1.47. The first-order valence-electron chi connectivity index (χ1n) is 8.59. The molecule has 1 aromatic carbocycles. The molecule has 1 unspecified atom stereocenters. The van der Waals surface area contributed by atoms with Crippen LogP contribution in [0.25, 0.3) is 0 Å². The molecule has 3 atom stereocenters. The van der Waals surface area contributed by atoms with Crippen LogP contribution < -0.4 is 15.4 Å². The Morgan fingerprint density at radius 1 is 1.35 bits per heavy atom. The average Bonchev–Trinajstić information content (AvgIpc) is 3.08. The number of nitrogens with one attached hydrogen (secondary N) is 2. The Hall–Kier alpha value is -1.59. The summed E-state index contributed by atoms with van der Waals surface area (Å²) in [6.45, 7) is 4.47. The predicted octanol–water partition coefficient (Wildman–Crippen LogP) is 2.57. The van der Waals surface area contributed by atoms with Gasteiger partial charge >= 0.3 is 0 Å². The maximum absolute atomic E-state index is 12.3. The lowest BCUT2D eigenvalue weighted by Gasteiger charge is -2.27. The van der Waals surface area contributed by atoms with Crippen LogP contribution in [0, 0.1) is 5.92 Å². The van der Waals surface area contributed by atoms with Crippen LogP contribution in [0.15, 0.2) is 24.3 Å². The molecule has 0 aliphatic carbocycles. The van der Waals surface area contributed by atoms with Gasteiger partial charge in [0.1, 0.15) is 12.4 Å². The van der Waals surface area contributed by atoms with Crippen molar-refractivity contribution >= 4 is 11.6 Å². The molecule has 1 aromatic rings. The number of benzene rings is 1. The molecular weight excluding hydrogens is 292 g/mol. The second kappa shape index (κ2) is 7.79. The van der Waals surface area contributed by atoms with Crippen LogP contribution in [0.1, 0.15) is 32.6 Å². The van der Waals surface area contributed by atoms with E-state index in [2.05, 4.69) is 17.6 Å². The van der Waals surface area contributed by atoms with Gasteiger partial charge in [-0.3, -0.25) is 4.79 Å². The highest BCUT2D eigenvalue weighted by Gasteiger charge is 2.24. The van der Waals surface area contributed by atoms with Gasteiger partial charge in [-0.1, -0.05) is 0 Å². The highest BCUT2D eigenvalue weighted by molar-refractivity contribution is 5.92. The molecule has 2 saturated heterocycles. The highest BCUT2D eigenvalue weighted by atomic mass is 16.5. The number of anilines is 1. The lowest BCUT2D eigenvalue weighted by Crippen LogP contribution is -2.40. The molecule has 2 aliphatic heterocycles. The molecule has 0 aromatic heterocycles. The number of hydrogen-bond acceptors (Lipinski definition) is 4. The summed E-state index contributed by atoms with van der Waals surface area (Å²) in [7, 11) is 0. The first-order chi connectivity index (χ1) is 11.2. The zero-order chi connectivity index (χ0) is 16.1. The van der Waals surface area contributed by atoms with Crippen LogP contribution in [-0.2, 0) is 9.53 Å². The van der Waals surface area contributed by atoms with Crippen LogP contribution in [0.5, 0.6) is 5.75 Å². The highest BCUT2D eigenvalue weighted by Crippen LogP contribution is 2.21. The third-order valence-corrected chi connectivity index (χ3v) is 4.58. The van der Waals surface area contributed by atoms with Crippen molar-refractivity contribution in [3.8, 4) is 5.75 Å². The van der Waals surface area contributed by atoms with Crippen molar-refractivity contribution in [1.29, 1.82) is 0 Å². The quantitative estimate of drug-likeness (QED) is 0.876. The summed E-state index contributed by atoms with van der Waals surface area (Å²) in [5.41, 5.74) is 0.825. The Kier molecular flexibility index (Phi) is 5.51. The predicted molar refractivity (Wildman–Crippen MR) is 89.7 cm³/mol. The fraction of sp³-hybridized carbons (Fsp3) is 0.611. The summed E-state index contributed by atoms with van der Waals surface area (Å²) in [6.07, 6.45) is 4.21. The summed E-state index contributed by atoms with van der Waals surface area (Å²) < 4.78 is 11.3. The molecule has 126 valence electrons. The minimum Gasteiger partial charge on any atom is -0.491 e. The molecule has 0 bridgehead atoms. The van der Waals surface area contributed by atoms with Gasteiger partial charge in [0.15, 0.2) is 0 Å². The van der Waals surface area contributed by atoms with Gasteiger partial charge in [0.25, 0.3) is 0 Å². The maximum atomic E-state index is 12.3. The molecule has 2 heterocycles. The van der Waals surface area contributed by atoms with E-state index in [1.165, 1.54) is 0 Å². The molecule has 3 rings (SSSR count). The molecule has 5 heteroatoms. The topological polar surface area (TPSA) is 59.6 Å². The third-order valence-electron chi connectivity index (χ3n) is 4.58. The van der Waals surface area contributed by atoms with E-state index >= 15 is 0 Å². The largest absolute Gasteiger partial charge is 0.491 e. The fourth-order valence-corrected chi connectivity index (χ4v) is 3.21. The zero-order valence-corrected chi connectivity index (χ0v) is 13.7. The van der Waals surface area contributed by atoms with Crippen LogP contribution in [-0.4, -0.2) is 37.8 Å². The summed E-state index contributed by atoms with van der Waals surface area (Å²) >= 11 is 0. The van der Waals surface area contributed by atoms with E-state index in [0.717, 1.165) is 50.3 Å². The van der Waals surface area contributed by atoms with Crippen molar-refractivity contribution < 1.29 is 14.3 Å². The molecule has 0 radical (unpaired) electrons. The molecule has 2 aliphatic rings. The van der Waals surface area contributed by atoms with E-state index in [9.17, 15) is 4.79 Å². The van der Waals surface area contributed by atoms with E-state index < -0.39 is 0 Å². The van der Waals surface area contributed by atoms with Crippen molar-refractivity contribution in [2.75, 3.05) is 25.1 Å². The van der Waals surface area contributed by atoms with Crippen molar-refractivity contribution in [2.24, 2.45) is 5.92 Å². The minimum atomic E-state index is 0.0988. The second-order valence-corrected chi connectivity index (χ2v) is 6.54. The molecule has 5 nitrogen and oxygen atoms in total. The van der Waals surface area contributed by atoms with Crippen LogP contribution in [0.2, 0.25) is 0 Å². The smallest absolute Gasteiger partial charge is 0.227 e. The fourth-order valence-electron chi connectivity index (χ4n) is 3.21. The van der Waals surface area contributed by atoms with Crippen LogP contribution >= 0.6 is 0 Å². The monoisotopic (exact) mass is 318 g/mol. The van der Waals surface area contributed by atoms with Gasteiger partial charge in [-0.25, -0.2) is 0 Å². The molecule has 1 amide bonds. The van der Waals surface area contributed by atoms with Gasteiger partial charge in [-0.15, -0.1) is 0 Å². The molecule has 0 spiro atoms. The van der Waals surface area contributed by atoms with Crippen molar-refractivity contribution in [3.63, 3.8) is 0 Å². The van der Waals surface area contributed by atoms with E-state index in [1.54, 1.807) is 0 Å². The van der Waals surface area contributed by atoms with Gasteiger partial charge in [-0.05, 0) is 63.4 Å². The number of carbonyl (C=O) groups excluding carboxylic acids is 1. The molecule has 23 heavy (non-hydrogen) atoms. The molecular formula is C18H26N2O3. The summed E-state index contributed by atoms with van der Waals surface area (Å²) in [5, 5.41) is 6.38. The Morgan fingerprint density at radius 2 is 2.17 bits per heavy atom. The van der Waals surface area contributed by atoms with E-state index in [0.29, 0.717) is 12.6 Å². The van der Waals surface area contributed by atoms with E-state index in [-0.39, 0.29) is 17.9 Å². The summed E-state index contributed by atoms with van der Waals surface area (Å²) in [6, 6.07) is 8.00. The standard InChI is InChI=1S/C18H26N2O3/c1-13-11-14(8-9-19-13)18(21)20-15-4-6-16(7-5-15)23-12-17-3-2-10-22-17/h4-7,13-14,17,19H,2-3,8-12H2,1H3,(H,20,21)/t13-,14-,17?/m0/s1. The molecule has 0 saturated carbocycles. The Bertz CT molecular complexity index is 512. The normalized spacial score (nSPS) is 27.6. The number of hydrogen-bond donors (Lipinski definition) is 2. The number of rotatable bonds is 5. The second-order valence-electron chi connectivity index (χ2n) is 6.54. The van der Waals surface area contributed by atoms with Crippen molar-refractivity contribution in [3.05, 3.63) is 24.3 Å². The molecule has 2 fully saturated rings. The number of piperidine rings is 1. The number of amides is 1. The van der Waals surface area contributed by atoms with Crippen molar-refractivity contribution in [1.82, 2.24) is 5.32 Å². The Morgan fingerprint density at radius 3 is 2.87 bits per heavy atom. The maximum Gasteiger partial charge on any atom is 0.227 e. The van der Waals surface area contributed by atoms with Gasteiger partial charge < -0.3 is 20.1 Å². The lowest BCUT2D eigenvalue weighted by atomic mass is 9.92. The average molecular weight is 318 g/mol. The van der Waals surface area contributed by atoms with Crippen LogP contribution in [0.4, 0.5) is 5.69 Å². The minimum absolute atomic E-state index is 0.0988. The van der Waals surface area contributed by atoms with E-state index in [1.807, 2.05) is 24.3 Å². The summed E-state index contributed by atoms with van der Waals surface area (Å²) in [4.78, 5) is 12.3. The first kappa shape index (κ1) is 16.3. The number of carbonyl (C=O) groups is 1. The van der Waals surface area contributed by atoms with Gasteiger partial charge in [0, 0.05) is 24.3 Å². The number of ether oxygens (including phenoxy) is 2.